The Morgan fingerprint density at radius 1 is 1.00 bits per heavy atom. The van der Waals surface area contributed by atoms with Gasteiger partial charge in [-0.3, -0.25) is 14.6 Å². The largest absolute Gasteiger partial charge is 0.322 e. The fourth-order valence-corrected chi connectivity index (χ4v) is 2.85. The van der Waals surface area contributed by atoms with Gasteiger partial charge in [-0.05, 0) is 61.0 Å². The number of halogens is 2. The Labute approximate surface area is 169 Å². The molecule has 3 rings (SSSR count). The molecule has 0 spiro atoms. The molecule has 0 unspecified atom stereocenters. The SMILES string of the molecule is Cc1cc(C(=O)Nc2ccc(Cl)c(C(=O)Nc3cccnc3)c2)ccc1Br. The maximum Gasteiger partial charge on any atom is 0.257 e. The normalized spacial score (nSPS) is 10.3. The van der Waals surface area contributed by atoms with Gasteiger partial charge in [0.25, 0.3) is 11.8 Å². The van der Waals surface area contributed by atoms with E-state index in [9.17, 15) is 9.59 Å². The number of hydrogen-bond acceptors (Lipinski definition) is 3. The van der Waals surface area contributed by atoms with Crippen molar-refractivity contribution >= 4 is 50.7 Å². The summed E-state index contributed by atoms with van der Waals surface area (Å²) in [5, 5.41) is 5.79. The topological polar surface area (TPSA) is 71.1 Å². The van der Waals surface area contributed by atoms with Crippen LogP contribution in [0.5, 0.6) is 0 Å². The summed E-state index contributed by atoms with van der Waals surface area (Å²) in [5.41, 5.74) is 2.76. The van der Waals surface area contributed by atoms with Crippen LogP contribution in [0.1, 0.15) is 26.3 Å². The zero-order valence-electron chi connectivity index (χ0n) is 14.3. The fraction of sp³-hybridized carbons (Fsp3) is 0.0500. The van der Waals surface area contributed by atoms with Crippen molar-refractivity contribution in [1.29, 1.82) is 0 Å². The molecule has 1 heterocycles. The van der Waals surface area contributed by atoms with Crippen molar-refractivity contribution in [3.05, 3.63) is 87.1 Å². The van der Waals surface area contributed by atoms with Gasteiger partial charge in [0, 0.05) is 21.9 Å². The second kappa shape index (κ2) is 8.33. The summed E-state index contributed by atoms with van der Waals surface area (Å²) in [7, 11) is 0. The molecule has 0 aliphatic carbocycles. The highest BCUT2D eigenvalue weighted by Crippen LogP contribution is 2.23. The third-order valence-corrected chi connectivity index (χ3v) is 5.03. The van der Waals surface area contributed by atoms with Crippen molar-refractivity contribution in [3.8, 4) is 0 Å². The van der Waals surface area contributed by atoms with Crippen LogP contribution in [-0.4, -0.2) is 16.8 Å². The quantitative estimate of drug-likeness (QED) is 0.573. The third kappa shape index (κ3) is 4.72. The molecule has 2 N–H and O–H groups in total. The van der Waals surface area contributed by atoms with Gasteiger partial charge in [0.2, 0.25) is 0 Å². The number of aryl methyl sites for hydroxylation is 1. The van der Waals surface area contributed by atoms with Crippen molar-refractivity contribution < 1.29 is 9.59 Å². The monoisotopic (exact) mass is 443 g/mol. The van der Waals surface area contributed by atoms with E-state index in [0.29, 0.717) is 16.9 Å². The summed E-state index contributed by atoms with van der Waals surface area (Å²) < 4.78 is 0.930. The van der Waals surface area contributed by atoms with Crippen molar-refractivity contribution in [2.24, 2.45) is 0 Å². The van der Waals surface area contributed by atoms with Crippen LogP contribution in [0.15, 0.2) is 65.4 Å². The molecule has 0 aliphatic rings. The first-order chi connectivity index (χ1) is 12.9. The van der Waals surface area contributed by atoms with Crippen LogP contribution in [0.25, 0.3) is 0 Å². The molecule has 0 fully saturated rings. The van der Waals surface area contributed by atoms with Crippen LogP contribution in [0.2, 0.25) is 5.02 Å². The number of aromatic nitrogens is 1. The van der Waals surface area contributed by atoms with Crippen molar-refractivity contribution in [2.75, 3.05) is 10.6 Å². The van der Waals surface area contributed by atoms with Crippen LogP contribution in [0, 0.1) is 6.92 Å². The summed E-state index contributed by atoms with van der Waals surface area (Å²) in [6, 6.07) is 13.5. The van der Waals surface area contributed by atoms with Crippen molar-refractivity contribution in [2.45, 2.75) is 6.92 Å². The molecule has 0 atom stereocenters. The second-order valence-corrected chi connectivity index (χ2v) is 7.07. The lowest BCUT2D eigenvalue weighted by Gasteiger charge is -2.10. The smallest absolute Gasteiger partial charge is 0.257 e. The Morgan fingerprint density at radius 2 is 1.78 bits per heavy atom. The predicted octanol–water partition coefficient (Wildman–Crippen LogP) is 5.31. The molecular formula is C20H15BrClN3O2. The summed E-state index contributed by atoms with van der Waals surface area (Å²) >= 11 is 9.57. The summed E-state index contributed by atoms with van der Waals surface area (Å²) in [6.07, 6.45) is 3.15. The zero-order chi connectivity index (χ0) is 19.4. The Hall–Kier alpha value is -2.70. The van der Waals surface area contributed by atoms with Gasteiger partial charge in [-0.25, -0.2) is 0 Å². The van der Waals surface area contributed by atoms with Gasteiger partial charge < -0.3 is 10.6 Å². The lowest BCUT2D eigenvalue weighted by Crippen LogP contribution is -2.15. The van der Waals surface area contributed by atoms with Crippen molar-refractivity contribution in [3.63, 3.8) is 0 Å². The maximum atomic E-state index is 12.5. The maximum absolute atomic E-state index is 12.5. The number of pyridine rings is 1. The van der Waals surface area contributed by atoms with E-state index in [0.717, 1.165) is 10.0 Å². The van der Waals surface area contributed by atoms with E-state index in [-0.39, 0.29) is 22.4 Å². The van der Waals surface area contributed by atoms with Crippen molar-refractivity contribution in [1.82, 2.24) is 4.98 Å². The number of amides is 2. The van der Waals surface area contributed by atoms with E-state index >= 15 is 0 Å². The number of carbonyl (C=O) groups is 2. The van der Waals surface area contributed by atoms with E-state index in [1.54, 1.807) is 42.6 Å². The van der Waals surface area contributed by atoms with Gasteiger partial charge in [0.05, 0.1) is 22.5 Å². The minimum absolute atomic E-state index is 0.255. The highest BCUT2D eigenvalue weighted by molar-refractivity contribution is 9.10. The van der Waals surface area contributed by atoms with Crippen LogP contribution in [0.3, 0.4) is 0 Å². The summed E-state index contributed by atoms with van der Waals surface area (Å²) in [6.45, 7) is 1.91. The molecule has 2 aromatic carbocycles. The Kier molecular flexibility index (Phi) is 5.88. The van der Waals surface area contributed by atoms with Gasteiger partial charge >= 0.3 is 0 Å². The molecule has 3 aromatic rings. The van der Waals surface area contributed by atoms with Crippen LogP contribution >= 0.6 is 27.5 Å². The standard InChI is InChI=1S/C20H15BrClN3O2/c1-12-9-13(4-6-17(12)21)19(26)24-14-5-7-18(22)16(10-14)20(27)25-15-3-2-8-23-11-15/h2-11H,1H3,(H,24,26)(H,25,27). The third-order valence-electron chi connectivity index (χ3n) is 3.81. The average molecular weight is 445 g/mol. The van der Waals surface area contributed by atoms with E-state index in [4.69, 9.17) is 11.6 Å². The molecule has 1 aromatic heterocycles. The lowest BCUT2D eigenvalue weighted by molar-refractivity contribution is 0.101. The Bertz CT molecular complexity index is 1010. The molecule has 0 bridgehead atoms. The second-order valence-electron chi connectivity index (χ2n) is 5.81. The van der Waals surface area contributed by atoms with Crippen LogP contribution < -0.4 is 10.6 Å². The van der Waals surface area contributed by atoms with E-state index < -0.39 is 0 Å². The molecule has 0 aliphatic heterocycles. The molecule has 0 radical (unpaired) electrons. The van der Waals surface area contributed by atoms with E-state index in [1.165, 1.54) is 12.3 Å². The minimum Gasteiger partial charge on any atom is -0.322 e. The lowest BCUT2D eigenvalue weighted by atomic mass is 10.1. The zero-order valence-corrected chi connectivity index (χ0v) is 16.6. The molecule has 27 heavy (non-hydrogen) atoms. The number of hydrogen-bond donors (Lipinski definition) is 2. The first-order valence-corrected chi connectivity index (χ1v) is 9.19. The van der Waals surface area contributed by atoms with Gasteiger partial charge in [0.15, 0.2) is 0 Å². The molecule has 5 nitrogen and oxygen atoms in total. The molecule has 136 valence electrons. The first-order valence-electron chi connectivity index (χ1n) is 8.02. The molecular weight excluding hydrogens is 430 g/mol. The highest BCUT2D eigenvalue weighted by atomic mass is 79.9. The van der Waals surface area contributed by atoms with Gasteiger partial charge in [-0.2, -0.15) is 0 Å². The highest BCUT2D eigenvalue weighted by Gasteiger charge is 2.14. The number of nitrogens with zero attached hydrogens (tertiary/aromatic N) is 1. The molecule has 0 saturated carbocycles. The van der Waals surface area contributed by atoms with E-state index in [2.05, 4.69) is 31.5 Å². The van der Waals surface area contributed by atoms with Crippen LogP contribution in [0.4, 0.5) is 11.4 Å². The minimum atomic E-state index is -0.386. The van der Waals surface area contributed by atoms with Gasteiger partial charge in [-0.15, -0.1) is 0 Å². The first kappa shape index (κ1) is 19.1. The van der Waals surface area contributed by atoms with E-state index in [1.807, 2.05) is 13.0 Å². The van der Waals surface area contributed by atoms with Gasteiger partial charge in [-0.1, -0.05) is 27.5 Å². The summed E-state index contributed by atoms with van der Waals surface area (Å²) in [4.78, 5) is 28.9. The average Bonchev–Trinajstić information content (AvgIpc) is 2.66. The Balaban J connectivity index is 1.79. The Morgan fingerprint density at radius 3 is 2.48 bits per heavy atom. The molecule has 7 heteroatoms. The predicted molar refractivity (Wildman–Crippen MR) is 110 cm³/mol. The van der Waals surface area contributed by atoms with Gasteiger partial charge in [0.1, 0.15) is 0 Å². The van der Waals surface area contributed by atoms with Crippen LogP contribution in [-0.2, 0) is 0 Å². The number of carbonyl (C=O) groups excluding carboxylic acids is 2. The number of anilines is 2. The number of nitrogens with one attached hydrogen (secondary N) is 2. The number of benzene rings is 2. The molecule has 0 saturated heterocycles. The summed E-state index contributed by atoms with van der Waals surface area (Å²) in [5.74, 6) is -0.657. The molecule has 2 amide bonds. The number of rotatable bonds is 4. The fourth-order valence-electron chi connectivity index (χ4n) is 2.40.